The van der Waals surface area contributed by atoms with E-state index < -0.39 is 17.1 Å². The van der Waals surface area contributed by atoms with Gasteiger partial charge >= 0.3 is 5.69 Å². The van der Waals surface area contributed by atoms with E-state index in [-0.39, 0.29) is 11.5 Å². The molecule has 1 aromatic heterocycles. The lowest BCUT2D eigenvalue weighted by Gasteiger charge is -2.15. The van der Waals surface area contributed by atoms with Crippen molar-refractivity contribution in [2.45, 2.75) is 0 Å². The van der Waals surface area contributed by atoms with Crippen molar-refractivity contribution in [3.05, 3.63) is 50.9 Å². The van der Waals surface area contributed by atoms with Gasteiger partial charge in [-0.3, -0.25) is 9.36 Å². The Morgan fingerprint density at radius 3 is 2.32 bits per heavy atom. The third-order valence-corrected chi connectivity index (χ3v) is 2.81. The number of anilines is 2. The topological polar surface area (TPSA) is 82.1 Å². The number of nitrogens with one attached hydrogen (secondary N) is 1. The quantitative estimate of drug-likeness (QED) is 0.817. The summed E-state index contributed by atoms with van der Waals surface area (Å²) in [6.07, 6.45) is 0. The molecule has 0 fully saturated rings. The molecular formula is C12H13FN4O2. The van der Waals surface area contributed by atoms with Crippen molar-refractivity contribution in [3.63, 3.8) is 0 Å². The van der Waals surface area contributed by atoms with Gasteiger partial charge in [0.1, 0.15) is 17.3 Å². The summed E-state index contributed by atoms with van der Waals surface area (Å²) in [5, 5.41) is 2.72. The van der Waals surface area contributed by atoms with E-state index in [0.717, 1.165) is 4.57 Å². The van der Waals surface area contributed by atoms with Gasteiger partial charge in [0.15, 0.2) is 0 Å². The molecule has 0 saturated heterocycles. The monoisotopic (exact) mass is 264 g/mol. The van der Waals surface area contributed by atoms with Crippen molar-refractivity contribution >= 4 is 11.5 Å². The van der Waals surface area contributed by atoms with Crippen LogP contribution in [0.5, 0.6) is 0 Å². The summed E-state index contributed by atoms with van der Waals surface area (Å²) in [6, 6.07) is 5.31. The molecule has 2 aromatic rings. The highest BCUT2D eigenvalue weighted by Crippen LogP contribution is 2.16. The van der Waals surface area contributed by atoms with Crippen molar-refractivity contribution in [3.8, 4) is 5.69 Å². The molecule has 0 aliphatic carbocycles. The Balaban J connectivity index is 2.87. The lowest BCUT2D eigenvalue weighted by Crippen LogP contribution is -2.39. The summed E-state index contributed by atoms with van der Waals surface area (Å²) >= 11 is 0. The Labute approximate surface area is 107 Å². The number of nitrogens with zero attached hydrogens (tertiary/aromatic N) is 2. The van der Waals surface area contributed by atoms with Gasteiger partial charge in [0.2, 0.25) is 0 Å². The molecule has 0 aliphatic heterocycles. The minimum Gasteiger partial charge on any atom is -0.391 e. The largest absolute Gasteiger partial charge is 0.391 e. The van der Waals surface area contributed by atoms with Crippen LogP contribution in [0.2, 0.25) is 0 Å². The first kappa shape index (κ1) is 12.9. The zero-order valence-corrected chi connectivity index (χ0v) is 10.5. The maximum atomic E-state index is 12.9. The van der Waals surface area contributed by atoms with Gasteiger partial charge in [-0.25, -0.2) is 13.8 Å². The lowest BCUT2D eigenvalue weighted by molar-refractivity contribution is 0.627. The molecule has 0 bridgehead atoms. The van der Waals surface area contributed by atoms with E-state index in [1.165, 1.54) is 35.9 Å². The predicted octanol–water partition coefficient (Wildman–Crippen LogP) is 0.299. The molecule has 0 spiro atoms. The van der Waals surface area contributed by atoms with Gasteiger partial charge in [-0.1, -0.05) is 0 Å². The molecule has 7 heteroatoms. The van der Waals surface area contributed by atoms with Crippen molar-refractivity contribution in [2.24, 2.45) is 7.05 Å². The van der Waals surface area contributed by atoms with E-state index in [1.54, 1.807) is 7.05 Å². The maximum Gasteiger partial charge on any atom is 0.337 e. The highest BCUT2D eigenvalue weighted by molar-refractivity contribution is 5.63. The molecular weight excluding hydrogens is 251 g/mol. The van der Waals surface area contributed by atoms with Gasteiger partial charge in [0.05, 0.1) is 5.69 Å². The maximum absolute atomic E-state index is 12.9. The van der Waals surface area contributed by atoms with E-state index in [9.17, 15) is 14.0 Å². The summed E-state index contributed by atoms with van der Waals surface area (Å²) < 4.78 is 15.0. The van der Waals surface area contributed by atoms with Gasteiger partial charge in [-0.05, 0) is 24.3 Å². The molecule has 100 valence electrons. The number of hydrogen-bond donors (Lipinski definition) is 2. The van der Waals surface area contributed by atoms with Crippen molar-refractivity contribution in [1.82, 2.24) is 9.13 Å². The number of nitrogens with two attached hydrogens (primary N) is 1. The number of nitrogen functional groups attached to an aromatic ring is 1. The Morgan fingerprint density at radius 1 is 1.21 bits per heavy atom. The third kappa shape index (κ3) is 1.99. The fourth-order valence-corrected chi connectivity index (χ4v) is 1.81. The Bertz CT molecular complexity index is 731. The molecule has 0 aliphatic rings. The van der Waals surface area contributed by atoms with Gasteiger partial charge in [0.25, 0.3) is 5.56 Å². The van der Waals surface area contributed by atoms with Gasteiger partial charge in [0, 0.05) is 14.1 Å². The molecule has 6 nitrogen and oxygen atoms in total. The first-order chi connectivity index (χ1) is 8.97. The van der Waals surface area contributed by atoms with Crippen LogP contribution in [0.4, 0.5) is 15.9 Å². The van der Waals surface area contributed by atoms with Gasteiger partial charge in [-0.2, -0.15) is 0 Å². The van der Waals surface area contributed by atoms with E-state index >= 15 is 0 Å². The molecule has 1 aromatic carbocycles. The molecule has 0 radical (unpaired) electrons. The highest BCUT2D eigenvalue weighted by atomic mass is 19.1. The second-order valence-corrected chi connectivity index (χ2v) is 3.97. The molecule has 19 heavy (non-hydrogen) atoms. The van der Waals surface area contributed by atoms with Crippen LogP contribution in [0.1, 0.15) is 0 Å². The van der Waals surface area contributed by atoms with Crippen LogP contribution in [-0.4, -0.2) is 16.2 Å². The molecule has 2 rings (SSSR count). The summed E-state index contributed by atoms with van der Waals surface area (Å²) in [7, 11) is 2.88. The average Bonchev–Trinajstić information content (AvgIpc) is 2.41. The molecule has 0 amide bonds. The second kappa shape index (κ2) is 4.60. The first-order valence-electron chi connectivity index (χ1n) is 5.52. The van der Waals surface area contributed by atoms with Crippen LogP contribution >= 0.6 is 0 Å². The molecule has 0 unspecified atom stereocenters. The minimum absolute atomic E-state index is 0.0751. The SMILES string of the molecule is CNc1c(N)c(=O)n(C)c(=O)n1-c1ccc(F)cc1. The van der Waals surface area contributed by atoms with Crippen LogP contribution in [0.3, 0.4) is 0 Å². The van der Waals surface area contributed by atoms with Gasteiger partial charge in [-0.15, -0.1) is 0 Å². The zero-order valence-electron chi connectivity index (χ0n) is 10.5. The smallest absolute Gasteiger partial charge is 0.337 e. The van der Waals surface area contributed by atoms with E-state index in [0.29, 0.717) is 5.69 Å². The second-order valence-electron chi connectivity index (χ2n) is 3.97. The van der Waals surface area contributed by atoms with Crippen LogP contribution in [0, 0.1) is 5.82 Å². The standard InChI is InChI=1S/C12H13FN4O2/c1-15-10-9(14)11(18)16(2)12(19)17(10)8-5-3-7(13)4-6-8/h3-6,15H,14H2,1-2H3. The van der Waals surface area contributed by atoms with Crippen LogP contribution in [0.15, 0.2) is 33.9 Å². The fourth-order valence-electron chi connectivity index (χ4n) is 1.81. The van der Waals surface area contributed by atoms with E-state index in [4.69, 9.17) is 5.73 Å². The van der Waals surface area contributed by atoms with E-state index in [2.05, 4.69) is 5.32 Å². The molecule has 0 saturated carbocycles. The third-order valence-electron chi connectivity index (χ3n) is 2.81. The Hall–Kier alpha value is -2.57. The summed E-state index contributed by atoms with van der Waals surface area (Å²) in [5.74, 6) is -0.236. The Morgan fingerprint density at radius 2 is 1.79 bits per heavy atom. The molecule has 0 atom stereocenters. The van der Waals surface area contributed by atoms with Crippen LogP contribution < -0.4 is 22.3 Å². The number of hydrogen-bond acceptors (Lipinski definition) is 4. The highest BCUT2D eigenvalue weighted by Gasteiger charge is 2.15. The lowest BCUT2D eigenvalue weighted by atomic mass is 10.3. The molecule has 3 N–H and O–H groups in total. The van der Waals surface area contributed by atoms with Crippen molar-refractivity contribution < 1.29 is 4.39 Å². The van der Waals surface area contributed by atoms with Crippen molar-refractivity contribution in [1.29, 1.82) is 0 Å². The van der Waals surface area contributed by atoms with Crippen LogP contribution in [0.25, 0.3) is 5.69 Å². The summed E-state index contributed by atoms with van der Waals surface area (Å²) in [6.45, 7) is 0. The first-order valence-corrected chi connectivity index (χ1v) is 5.52. The van der Waals surface area contributed by atoms with Crippen LogP contribution in [-0.2, 0) is 7.05 Å². The van der Waals surface area contributed by atoms with Crippen molar-refractivity contribution in [2.75, 3.05) is 18.1 Å². The number of rotatable bonds is 2. The number of halogens is 1. The fraction of sp³-hybridized carbons (Fsp3) is 0.167. The average molecular weight is 264 g/mol. The zero-order chi connectivity index (χ0) is 14.2. The Kier molecular flexibility index (Phi) is 3.12. The van der Waals surface area contributed by atoms with Gasteiger partial charge < -0.3 is 11.1 Å². The summed E-state index contributed by atoms with van der Waals surface area (Å²) in [5.41, 5.74) is 4.90. The van der Waals surface area contributed by atoms with E-state index in [1.807, 2.05) is 0 Å². The summed E-state index contributed by atoms with van der Waals surface area (Å²) in [4.78, 5) is 23.9. The normalized spacial score (nSPS) is 10.5. The predicted molar refractivity (Wildman–Crippen MR) is 71.2 cm³/mol. The molecule has 1 heterocycles. The number of benzene rings is 1. The minimum atomic E-state index is -0.576. The number of aromatic nitrogens is 2.